The topological polar surface area (TPSA) is 68.8 Å². The molecule has 8 heteroatoms. The quantitative estimate of drug-likeness (QED) is 0.334. The molecule has 45 heavy (non-hydrogen) atoms. The summed E-state index contributed by atoms with van der Waals surface area (Å²) in [6.45, 7) is 15.5. The number of piperidine rings is 1. The van der Waals surface area contributed by atoms with Crippen LogP contribution in [0.3, 0.4) is 0 Å². The third-order valence-corrected chi connectivity index (χ3v) is 9.64. The lowest BCUT2D eigenvalue weighted by Gasteiger charge is -2.40. The predicted molar refractivity (Wildman–Crippen MR) is 179 cm³/mol. The zero-order valence-electron chi connectivity index (χ0n) is 28.0. The van der Waals surface area contributed by atoms with E-state index in [9.17, 15) is 14.0 Å². The normalized spacial score (nSPS) is 16.3. The van der Waals surface area contributed by atoms with E-state index in [1.165, 1.54) is 27.3 Å². The van der Waals surface area contributed by atoms with Crippen molar-refractivity contribution in [1.29, 1.82) is 0 Å². The van der Waals surface area contributed by atoms with Gasteiger partial charge in [-0.1, -0.05) is 45.0 Å². The summed E-state index contributed by atoms with van der Waals surface area (Å²) in [4.78, 5) is 36.4. The number of benzene rings is 2. The minimum Gasteiger partial charge on any atom is -0.371 e. The molecule has 3 heterocycles. The third kappa shape index (κ3) is 7.22. The van der Waals surface area contributed by atoms with Crippen molar-refractivity contribution in [3.8, 4) is 11.1 Å². The minimum atomic E-state index is -0.631. The van der Waals surface area contributed by atoms with Crippen LogP contribution in [0, 0.1) is 25.1 Å². The summed E-state index contributed by atoms with van der Waals surface area (Å²) in [7, 11) is 3.16. The average molecular weight is 614 g/mol. The van der Waals surface area contributed by atoms with Gasteiger partial charge in [0.15, 0.2) is 0 Å². The van der Waals surface area contributed by atoms with Crippen LogP contribution in [-0.2, 0) is 42.1 Å². The number of hydrogen-bond acceptors (Lipinski definition) is 5. The van der Waals surface area contributed by atoms with Gasteiger partial charge in [-0.05, 0) is 90.5 Å². The van der Waals surface area contributed by atoms with Crippen molar-refractivity contribution in [3.05, 3.63) is 81.4 Å². The Bertz CT molecular complexity index is 1590. The molecule has 0 radical (unpaired) electrons. The highest BCUT2D eigenvalue weighted by molar-refractivity contribution is 6.34. The maximum atomic E-state index is 13.7. The molecule has 2 amide bonds. The second kappa shape index (κ2) is 13.3. The number of halogens is 1. The molecule has 1 aromatic heterocycles. The minimum absolute atomic E-state index is 0.173. The highest BCUT2D eigenvalue weighted by Gasteiger charge is 2.31. The number of rotatable bonds is 7. The maximum absolute atomic E-state index is 13.7. The number of carbonyl (C=O) groups excluding carboxylic acids is 2. The molecule has 240 valence electrons. The van der Waals surface area contributed by atoms with E-state index in [0.717, 1.165) is 92.0 Å². The Morgan fingerprint density at radius 1 is 1.02 bits per heavy atom. The SMILES string of the molecule is CCc1c(C)nc(CNC(=O)C(=O)N(C)C)c(-c2ccc3c(c2)CCN(Cc2ccc(F)cc2C)C3)c1N1CCC(C)(C)CC1. The van der Waals surface area contributed by atoms with E-state index in [2.05, 4.69) is 61.0 Å². The van der Waals surface area contributed by atoms with E-state index in [1.54, 1.807) is 26.2 Å². The lowest BCUT2D eigenvalue weighted by atomic mass is 9.81. The van der Waals surface area contributed by atoms with Gasteiger partial charge in [0.2, 0.25) is 0 Å². The van der Waals surface area contributed by atoms with E-state index in [4.69, 9.17) is 4.98 Å². The van der Waals surface area contributed by atoms with Gasteiger partial charge in [-0.2, -0.15) is 0 Å². The number of anilines is 1. The molecule has 1 N–H and O–H groups in total. The van der Waals surface area contributed by atoms with E-state index >= 15 is 0 Å². The fourth-order valence-corrected chi connectivity index (χ4v) is 6.75. The van der Waals surface area contributed by atoms with Gasteiger partial charge in [0, 0.05) is 58.1 Å². The Morgan fingerprint density at radius 3 is 2.42 bits per heavy atom. The van der Waals surface area contributed by atoms with Crippen LogP contribution in [-0.4, -0.2) is 60.3 Å². The van der Waals surface area contributed by atoms with Crippen LogP contribution in [0.15, 0.2) is 36.4 Å². The van der Waals surface area contributed by atoms with Crippen molar-refractivity contribution in [3.63, 3.8) is 0 Å². The summed E-state index contributed by atoms with van der Waals surface area (Å²) >= 11 is 0. The molecule has 2 aliphatic rings. The molecule has 2 aromatic carbocycles. The highest BCUT2D eigenvalue weighted by atomic mass is 19.1. The second-order valence-electron chi connectivity index (χ2n) is 13.7. The van der Waals surface area contributed by atoms with Crippen molar-refractivity contribution in [2.24, 2.45) is 5.41 Å². The average Bonchev–Trinajstić information content (AvgIpc) is 3.00. The molecule has 7 nitrogen and oxygen atoms in total. The summed E-state index contributed by atoms with van der Waals surface area (Å²) in [6, 6.07) is 11.8. The molecular formula is C37H48FN5O2. The second-order valence-corrected chi connectivity index (χ2v) is 13.7. The zero-order chi connectivity index (χ0) is 32.5. The monoisotopic (exact) mass is 613 g/mol. The first-order valence-electron chi connectivity index (χ1n) is 16.2. The first-order valence-corrected chi connectivity index (χ1v) is 16.2. The van der Waals surface area contributed by atoms with Crippen LogP contribution < -0.4 is 10.2 Å². The van der Waals surface area contributed by atoms with Gasteiger partial charge >= 0.3 is 11.8 Å². The predicted octanol–water partition coefficient (Wildman–Crippen LogP) is 5.96. The molecule has 0 unspecified atom stereocenters. The van der Waals surface area contributed by atoms with Gasteiger partial charge in [0.1, 0.15) is 5.82 Å². The van der Waals surface area contributed by atoms with E-state index in [-0.39, 0.29) is 12.4 Å². The van der Waals surface area contributed by atoms with Gasteiger partial charge in [-0.15, -0.1) is 0 Å². The van der Waals surface area contributed by atoms with E-state index in [1.807, 2.05) is 13.0 Å². The fraction of sp³-hybridized carbons (Fsp3) is 0.486. The fourth-order valence-electron chi connectivity index (χ4n) is 6.75. The van der Waals surface area contributed by atoms with E-state index < -0.39 is 11.8 Å². The van der Waals surface area contributed by atoms with Gasteiger partial charge in [0.25, 0.3) is 0 Å². The Labute approximate surface area is 267 Å². The van der Waals surface area contributed by atoms with Crippen LogP contribution in [0.5, 0.6) is 0 Å². The summed E-state index contributed by atoms with van der Waals surface area (Å²) < 4.78 is 13.7. The molecule has 0 bridgehead atoms. The number of likely N-dealkylation sites (N-methyl/N-ethyl adjacent to an activating group) is 1. The summed E-state index contributed by atoms with van der Waals surface area (Å²) in [5.41, 5.74) is 11.4. The first kappa shape index (κ1) is 32.6. The van der Waals surface area contributed by atoms with Gasteiger partial charge < -0.3 is 15.1 Å². The van der Waals surface area contributed by atoms with Crippen LogP contribution >= 0.6 is 0 Å². The summed E-state index contributed by atoms with van der Waals surface area (Å²) in [5, 5.41) is 2.86. The van der Waals surface area contributed by atoms with Crippen molar-refractivity contribution in [2.75, 3.05) is 38.6 Å². The van der Waals surface area contributed by atoms with Gasteiger partial charge in [-0.3, -0.25) is 19.5 Å². The number of aromatic nitrogens is 1. The Morgan fingerprint density at radius 2 is 1.76 bits per heavy atom. The Kier molecular flexibility index (Phi) is 9.63. The first-order chi connectivity index (χ1) is 21.4. The number of nitrogens with one attached hydrogen (secondary N) is 1. The van der Waals surface area contributed by atoms with Crippen molar-refractivity contribution >= 4 is 17.5 Å². The third-order valence-electron chi connectivity index (χ3n) is 9.64. The zero-order valence-corrected chi connectivity index (χ0v) is 28.0. The number of amides is 2. The lowest BCUT2D eigenvalue weighted by Crippen LogP contribution is -2.40. The molecule has 2 aliphatic heterocycles. The number of aryl methyl sites for hydroxylation is 2. The largest absolute Gasteiger partial charge is 0.371 e. The molecule has 1 fully saturated rings. The van der Waals surface area contributed by atoms with E-state index in [0.29, 0.717) is 5.41 Å². The molecule has 3 aromatic rings. The van der Waals surface area contributed by atoms with Crippen LogP contribution in [0.2, 0.25) is 0 Å². The van der Waals surface area contributed by atoms with Gasteiger partial charge in [0.05, 0.1) is 17.9 Å². The summed E-state index contributed by atoms with van der Waals surface area (Å²) in [6.07, 6.45) is 3.98. The molecule has 0 atom stereocenters. The number of hydrogen-bond donors (Lipinski definition) is 1. The standard InChI is InChI=1S/C37H48FN5O2/c1-8-31-25(3)40-32(21-39-35(44)36(45)41(6)7)33(34(31)43-17-14-37(4,5)15-18-43)27-9-10-29-23-42(16-13-26(29)20-27)22-28-11-12-30(38)19-24(28)2/h9-12,19-20H,8,13-18,21-23H2,1-7H3,(H,39,44). The van der Waals surface area contributed by atoms with Crippen molar-refractivity contribution in [2.45, 2.75) is 79.9 Å². The molecule has 5 rings (SSSR count). The van der Waals surface area contributed by atoms with Crippen LogP contribution in [0.4, 0.5) is 10.1 Å². The number of pyridine rings is 1. The van der Waals surface area contributed by atoms with Gasteiger partial charge in [-0.25, -0.2) is 4.39 Å². The van der Waals surface area contributed by atoms with Crippen molar-refractivity contribution in [1.82, 2.24) is 20.1 Å². The molecule has 1 saturated heterocycles. The Balaban J connectivity index is 1.52. The molecule has 0 spiro atoms. The van der Waals surface area contributed by atoms with Crippen molar-refractivity contribution < 1.29 is 14.0 Å². The molecule has 0 aliphatic carbocycles. The number of nitrogens with zero attached hydrogens (tertiary/aromatic N) is 4. The number of fused-ring (bicyclic) bond motifs is 1. The molecule has 0 saturated carbocycles. The van der Waals surface area contributed by atoms with Crippen LogP contribution in [0.25, 0.3) is 11.1 Å². The summed E-state index contributed by atoms with van der Waals surface area (Å²) in [5.74, 6) is -1.40. The van der Waals surface area contributed by atoms with Crippen LogP contribution in [0.1, 0.15) is 72.8 Å². The Hall–Kier alpha value is -3.78. The highest BCUT2D eigenvalue weighted by Crippen LogP contribution is 2.42. The lowest BCUT2D eigenvalue weighted by molar-refractivity contribution is -0.144. The molecular weight excluding hydrogens is 565 g/mol. The maximum Gasteiger partial charge on any atom is 0.311 e. The number of carbonyl (C=O) groups is 2. The smallest absolute Gasteiger partial charge is 0.311 e.